The molecule has 19 heavy (non-hydrogen) atoms. The molecule has 1 aromatic rings. The Kier molecular flexibility index (Phi) is 7.76. The molecule has 0 spiro atoms. The van der Waals surface area contributed by atoms with Crippen LogP contribution in [0, 0.1) is 0 Å². The maximum Gasteiger partial charge on any atom is 0.00419 e. The van der Waals surface area contributed by atoms with Crippen LogP contribution in [0.4, 0.5) is 0 Å². The molecule has 2 nitrogen and oxygen atoms in total. The van der Waals surface area contributed by atoms with Crippen molar-refractivity contribution in [3.8, 4) is 0 Å². The monoisotopic (exact) mass is 262 g/mol. The molecule has 0 aliphatic carbocycles. The van der Waals surface area contributed by atoms with E-state index in [0.29, 0.717) is 12.1 Å². The first-order valence-electron chi connectivity index (χ1n) is 7.57. The van der Waals surface area contributed by atoms with Gasteiger partial charge in [-0.3, -0.25) is 0 Å². The molecule has 2 heteroatoms. The maximum absolute atomic E-state index is 3.62. The highest BCUT2D eigenvalue weighted by molar-refractivity contribution is 5.14. The van der Waals surface area contributed by atoms with Crippen LogP contribution in [0.5, 0.6) is 0 Å². The molecule has 1 unspecified atom stereocenters. The van der Waals surface area contributed by atoms with Crippen LogP contribution >= 0.6 is 0 Å². The largest absolute Gasteiger partial charge is 0.314 e. The van der Waals surface area contributed by atoms with Gasteiger partial charge in [-0.2, -0.15) is 0 Å². The van der Waals surface area contributed by atoms with Crippen molar-refractivity contribution in [3.63, 3.8) is 0 Å². The van der Waals surface area contributed by atoms with Crippen LogP contribution in [0.3, 0.4) is 0 Å². The second-order valence-electron chi connectivity index (χ2n) is 5.81. The van der Waals surface area contributed by atoms with E-state index in [2.05, 4.69) is 68.4 Å². The molecule has 0 heterocycles. The van der Waals surface area contributed by atoms with Crippen molar-refractivity contribution in [2.24, 2.45) is 0 Å². The fourth-order valence-corrected chi connectivity index (χ4v) is 2.07. The molecule has 0 radical (unpaired) electrons. The Hall–Kier alpha value is -0.860. The average Bonchev–Trinajstić information content (AvgIpc) is 2.42. The van der Waals surface area contributed by atoms with Crippen molar-refractivity contribution in [2.75, 3.05) is 20.1 Å². The predicted octanol–water partition coefficient (Wildman–Crippen LogP) is 3.33. The Morgan fingerprint density at radius 3 is 2.42 bits per heavy atom. The van der Waals surface area contributed by atoms with Crippen molar-refractivity contribution >= 4 is 0 Å². The van der Waals surface area contributed by atoms with E-state index >= 15 is 0 Å². The third-order valence-electron chi connectivity index (χ3n) is 3.77. The Labute approximate surface area is 119 Å². The number of nitrogens with one attached hydrogen (secondary N) is 1. The van der Waals surface area contributed by atoms with Crippen LogP contribution in [0.1, 0.15) is 39.2 Å². The zero-order valence-corrected chi connectivity index (χ0v) is 13.0. The van der Waals surface area contributed by atoms with Gasteiger partial charge < -0.3 is 10.2 Å². The number of hydrogen-bond acceptors (Lipinski definition) is 2. The first-order valence-corrected chi connectivity index (χ1v) is 7.57. The molecular weight excluding hydrogens is 232 g/mol. The number of aryl methyl sites for hydroxylation is 1. The van der Waals surface area contributed by atoms with E-state index in [4.69, 9.17) is 0 Å². The van der Waals surface area contributed by atoms with Crippen molar-refractivity contribution in [1.82, 2.24) is 10.2 Å². The number of benzene rings is 1. The fourth-order valence-electron chi connectivity index (χ4n) is 2.07. The first-order chi connectivity index (χ1) is 9.09. The highest BCUT2D eigenvalue weighted by Gasteiger charge is 2.04. The molecule has 0 aromatic heterocycles. The lowest BCUT2D eigenvalue weighted by molar-refractivity contribution is 0.268. The molecule has 1 aromatic carbocycles. The van der Waals surface area contributed by atoms with Gasteiger partial charge in [0.25, 0.3) is 0 Å². The van der Waals surface area contributed by atoms with Crippen molar-refractivity contribution in [3.05, 3.63) is 35.9 Å². The third-order valence-corrected chi connectivity index (χ3v) is 3.77. The lowest BCUT2D eigenvalue weighted by Crippen LogP contribution is -2.32. The van der Waals surface area contributed by atoms with Gasteiger partial charge in [0.2, 0.25) is 0 Å². The Balaban J connectivity index is 2.07. The third kappa shape index (κ3) is 7.34. The van der Waals surface area contributed by atoms with Gasteiger partial charge in [0, 0.05) is 12.1 Å². The summed E-state index contributed by atoms with van der Waals surface area (Å²) < 4.78 is 0. The van der Waals surface area contributed by atoms with E-state index in [1.54, 1.807) is 0 Å². The minimum atomic E-state index is 0.601. The topological polar surface area (TPSA) is 15.3 Å². The second-order valence-corrected chi connectivity index (χ2v) is 5.81. The lowest BCUT2D eigenvalue weighted by atomic mass is 10.1. The SMILES string of the molecule is CC(CCc1ccccc1)NCCCN(C)C(C)C. The van der Waals surface area contributed by atoms with Crippen LogP contribution in [-0.2, 0) is 6.42 Å². The molecule has 108 valence electrons. The van der Waals surface area contributed by atoms with Crippen LogP contribution in [0.15, 0.2) is 30.3 Å². The summed E-state index contributed by atoms with van der Waals surface area (Å²) in [5.41, 5.74) is 1.44. The smallest absolute Gasteiger partial charge is 0.00419 e. The summed E-state index contributed by atoms with van der Waals surface area (Å²) in [6.45, 7) is 9.07. The van der Waals surface area contributed by atoms with Crippen molar-refractivity contribution < 1.29 is 0 Å². The molecule has 1 atom stereocenters. The van der Waals surface area contributed by atoms with E-state index in [9.17, 15) is 0 Å². The minimum absolute atomic E-state index is 0.601. The molecule has 0 fully saturated rings. The van der Waals surface area contributed by atoms with Gasteiger partial charge in [-0.25, -0.2) is 0 Å². The second kappa shape index (κ2) is 9.11. The normalized spacial score (nSPS) is 13.2. The van der Waals surface area contributed by atoms with Crippen LogP contribution in [0.2, 0.25) is 0 Å². The summed E-state index contributed by atoms with van der Waals surface area (Å²) in [6, 6.07) is 12.0. The first kappa shape index (κ1) is 16.2. The lowest BCUT2D eigenvalue weighted by Gasteiger charge is -2.21. The zero-order valence-electron chi connectivity index (χ0n) is 13.0. The van der Waals surface area contributed by atoms with Gasteiger partial charge in [0.15, 0.2) is 0 Å². The summed E-state index contributed by atoms with van der Waals surface area (Å²) in [4.78, 5) is 2.40. The van der Waals surface area contributed by atoms with Crippen LogP contribution in [-0.4, -0.2) is 37.1 Å². The van der Waals surface area contributed by atoms with Gasteiger partial charge in [-0.15, -0.1) is 0 Å². The summed E-state index contributed by atoms with van der Waals surface area (Å²) in [7, 11) is 2.20. The van der Waals surface area contributed by atoms with Gasteiger partial charge in [-0.05, 0) is 65.7 Å². The van der Waals surface area contributed by atoms with E-state index in [-0.39, 0.29) is 0 Å². The minimum Gasteiger partial charge on any atom is -0.314 e. The van der Waals surface area contributed by atoms with Crippen molar-refractivity contribution in [2.45, 2.75) is 52.1 Å². The van der Waals surface area contributed by atoms with E-state index in [1.807, 2.05) is 0 Å². The molecule has 0 aliphatic rings. The highest BCUT2D eigenvalue weighted by Crippen LogP contribution is 2.04. The maximum atomic E-state index is 3.62. The van der Waals surface area contributed by atoms with E-state index in [0.717, 1.165) is 6.54 Å². The number of nitrogens with zero attached hydrogens (tertiary/aromatic N) is 1. The average molecular weight is 262 g/mol. The van der Waals surface area contributed by atoms with Gasteiger partial charge in [-0.1, -0.05) is 30.3 Å². The predicted molar refractivity (Wildman–Crippen MR) is 84.6 cm³/mol. The van der Waals surface area contributed by atoms with Crippen LogP contribution < -0.4 is 5.32 Å². The van der Waals surface area contributed by atoms with Crippen molar-refractivity contribution in [1.29, 1.82) is 0 Å². The van der Waals surface area contributed by atoms with Crippen LogP contribution in [0.25, 0.3) is 0 Å². The molecule has 0 aliphatic heterocycles. The van der Waals surface area contributed by atoms with Gasteiger partial charge >= 0.3 is 0 Å². The Bertz CT molecular complexity index is 321. The summed E-state index contributed by atoms with van der Waals surface area (Å²) >= 11 is 0. The molecule has 0 saturated heterocycles. The highest BCUT2D eigenvalue weighted by atomic mass is 15.1. The standard InChI is InChI=1S/C17H30N2/c1-15(2)19(4)14-8-13-18-16(3)11-12-17-9-6-5-7-10-17/h5-7,9-10,15-16,18H,8,11-14H2,1-4H3. The Morgan fingerprint density at radius 1 is 1.11 bits per heavy atom. The summed E-state index contributed by atoms with van der Waals surface area (Å²) in [5.74, 6) is 0. The molecule has 0 amide bonds. The van der Waals surface area contributed by atoms with E-state index in [1.165, 1.54) is 31.4 Å². The summed E-state index contributed by atoms with van der Waals surface area (Å²) in [6.07, 6.45) is 3.61. The molecule has 0 bridgehead atoms. The van der Waals surface area contributed by atoms with Gasteiger partial charge in [0.1, 0.15) is 0 Å². The molecule has 1 rings (SSSR count). The van der Waals surface area contributed by atoms with E-state index < -0.39 is 0 Å². The summed E-state index contributed by atoms with van der Waals surface area (Å²) in [5, 5.41) is 3.62. The zero-order chi connectivity index (χ0) is 14.1. The Morgan fingerprint density at radius 2 is 1.79 bits per heavy atom. The number of rotatable bonds is 9. The fraction of sp³-hybridized carbons (Fsp3) is 0.647. The van der Waals surface area contributed by atoms with Gasteiger partial charge in [0.05, 0.1) is 0 Å². The quantitative estimate of drug-likeness (QED) is 0.687. The molecular formula is C17H30N2. The molecule has 0 saturated carbocycles. The molecule has 1 N–H and O–H groups in total. The number of hydrogen-bond donors (Lipinski definition) is 1.